The molecule has 0 unspecified atom stereocenters. The van der Waals surface area contributed by atoms with Crippen molar-refractivity contribution in [2.45, 2.75) is 13.0 Å². The fourth-order valence-electron chi connectivity index (χ4n) is 1.68. The number of thioether (sulfide) groups is 1. The highest BCUT2D eigenvalue weighted by Gasteiger charge is 2.25. The van der Waals surface area contributed by atoms with E-state index in [9.17, 15) is 9.59 Å². The summed E-state index contributed by atoms with van der Waals surface area (Å²) in [5.74, 6) is 0.196. The SMILES string of the molecule is CCOC(=O)[C@H]1CSC(C(=O)c2ccccc2)=CN1. The Morgan fingerprint density at radius 1 is 1.37 bits per heavy atom. The zero-order valence-corrected chi connectivity index (χ0v) is 11.4. The number of rotatable bonds is 4. The van der Waals surface area contributed by atoms with Crippen molar-refractivity contribution in [1.29, 1.82) is 0 Å². The average molecular weight is 277 g/mol. The molecule has 0 fully saturated rings. The molecule has 5 heteroatoms. The van der Waals surface area contributed by atoms with Crippen LogP contribution in [0.4, 0.5) is 0 Å². The van der Waals surface area contributed by atoms with E-state index in [0.717, 1.165) is 0 Å². The number of ketones is 1. The normalized spacial score (nSPS) is 18.2. The van der Waals surface area contributed by atoms with E-state index in [2.05, 4.69) is 5.32 Å². The Kier molecular flexibility index (Phi) is 4.63. The average Bonchev–Trinajstić information content (AvgIpc) is 2.48. The molecule has 0 aromatic heterocycles. The summed E-state index contributed by atoms with van der Waals surface area (Å²) in [5, 5.41) is 2.93. The molecule has 1 aromatic rings. The first kappa shape index (κ1) is 13.7. The van der Waals surface area contributed by atoms with E-state index in [-0.39, 0.29) is 17.8 Å². The number of carbonyl (C=O) groups excluding carboxylic acids is 2. The van der Waals surface area contributed by atoms with Gasteiger partial charge in [0.15, 0.2) is 0 Å². The highest BCUT2D eigenvalue weighted by atomic mass is 32.2. The fraction of sp³-hybridized carbons (Fsp3) is 0.286. The lowest BCUT2D eigenvalue weighted by molar-refractivity contribution is -0.144. The van der Waals surface area contributed by atoms with Crippen LogP contribution < -0.4 is 5.32 Å². The van der Waals surface area contributed by atoms with Gasteiger partial charge in [0.2, 0.25) is 5.78 Å². The molecule has 0 saturated carbocycles. The lowest BCUT2D eigenvalue weighted by Crippen LogP contribution is -2.39. The Bertz CT molecular complexity index is 499. The molecule has 4 nitrogen and oxygen atoms in total. The first-order chi connectivity index (χ1) is 9.22. The Balaban J connectivity index is 2.01. The molecule has 1 aliphatic heterocycles. The van der Waals surface area contributed by atoms with Gasteiger partial charge in [0.05, 0.1) is 11.5 Å². The molecule has 0 amide bonds. The smallest absolute Gasteiger partial charge is 0.329 e. The minimum absolute atomic E-state index is 0.0274. The second-order valence-electron chi connectivity index (χ2n) is 3.99. The van der Waals surface area contributed by atoms with Crippen LogP contribution in [0.2, 0.25) is 0 Å². The standard InChI is InChI=1S/C14H15NO3S/c1-2-18-14(17)11-9-19-12(8-15-11)13(16)10-6-4-3-5-7-10/h3-8,11,15H,2,9H2,1H3/t11-/m1/s1. The van der Waals surface area contributed by atoms with Crippen LogP contribution in [0, 0.1) is 0 Å². The van der Waals surface area contributed by atoms with Crippen LogP contribution in [0.25, 0.3) is 0 Å². The van der Waals surface area contributed by atoms with E-state index in [1.54, 1.807) is 25.3 Å². The Labute approximate surface area is 116 Å². The number of carbonyl (C=O) groups is 2. The molecule has 0 aliphatic carbocycles. The first-order valence-electron chi connectivity index (χ1n) is 6.07. The van der Waals surface area contributed by atoms with E-state index in [1.165, 1.54) is 11.8 Å². The van der Waals surface area contributed by atoms with Gasteiger partial charge in [-0.3, -0.25) is 4.79 Å². The number of hydrogen-bond acceptors (Lipinski definition) is 5. The maximum atomic E-state index is 12.2. The molecule has 0 bridgehead atoms. The summed E-state index contributed by atoms with van der Waals surface area (Å²) >= 11 is 1.38. The summed E-state index contributed by atoms with van der Waals surface area (Å²) in [6.07, 6.45) is 1.60. The predicted octanol–water partition coefficient (Wildman–Crippen LogP) is 1.98. The molecule has 19 heavy (non-hydrogen) atoms. The van der Waals surface area contributed by atoms with Crippen LogP contribution >= 0.6 is 11.8 Å². The van der Waals surface area contributed by atoms with Crippen LogP contribution in [0.5, 0.6) is 0 Å². The van der Waals surface area contributed by atoms with Crippen LogP contribution in [0.1, 0.15) is 17.3 Å². The molecule has 1 atom stereocenters. The third kappa shape index (κ3) is 3.38. The van der Waals surface area contributed by atoms with Crippen molar-refractivity contribution in [3.05, 3.63) is 47.0 Å². The van der Waals surface area contributed by atoms with Crippen LogP contribution in [0.3, 0.4) is 0 Å². The third-order valence-corrected chi connectivity index (χ3v) is 3.77. The molecule has 0 spiro atoms. The lowest BCUT2D eigenvalue weighted by Gasteiger charge is -2.21. The van der Waals surface area contributed by atoms with Gasteiger partial charge in [-0.2, -0.15) is 0 Å². The molecule has 2 rings (SSSR count). The van der Waals surface area contributed by atoms with Crippen molar-refractivity contribution in [2.75, 3.05) is 12.4 Å². The second kappa shape index (κ2) is 6.43. The largest absolute Gasteiger partial charge is 0.464 e. The molecule has 0 radical (unpaired) electrons. The Morgan fingerprint density at radius 3 is 2.68 bits per heavy atom. The summed E-state index contributed by atoms with van der Waals surface area (Å²) in [7, 11) is 0. The zero-order chi connectivity index (χ0) is 13.7. The monoisotopic (exact) mass is 277 g/mol. The van der Waals surface area contributed by atoms with Crippen molar-refractivity contribution in [2.24, 2.45) is 0 Å². The van der Waals surface area contributed by atoms with Gasteiger partial charge < -0.3 is 10.1 Å². The van der Waals surface area contributed by atoms with E-state index >= 15 is 0 Å². The fourth-order valence-corrected chi connectivity index (χ4v) is 2.66. The maximum absolute atomic E-state index is 12.2. The Hall–Kier alpha value is -1.75. The van der Waals surface area contributed by atoms with Crippen molar-refractivity contribution in [1.82, 2.24) is 5.32 Å². The first-order valence-corrected chi connectivity index (χ1v) is 7.06. The van der Waals surface area contributed by atoms with Gasteiger partial charge >= 0.3 is 5.97 Å². The highest BCUT2D eigenvalue weighted by molar-refractivity contribution is 8.04. The highest BCUT2D eigenvalue weighted by Crippen LogP contribution is 2.24. The number of hydrogen-bond donors (Lipinski definition) is 1. The summed E-state index contributed by atoms with van der Waals surface area (Å²) in [6.45, 7) is 2.13. The van der Waals surface area contributed by atoms with Gasteiger partial charge in [-0.15, -0.1) is 11.8 Å². The van der Waals surface area contributed by atoms with Gasteiger partial charge in [0, 0.05) is 17.5 Å². The van der Waals surface area contributed by atoms with Crippen LogP contribution in [-0.4, -0.2) is 30.2 Å². The number of ether oxygens (including phenoxy) is 1. The third-order valence-electron chi connectivity index (χ3n) is 2.65. The molecular weight excluding hydrogens is 262 g/mol. The van der Waals surface area contributed by atoms with Gasteiger partial charge in [-0.1, -0.05) is 30.3 Å². The summed E-state index contributed by atoms with van der Waals surface area (Å²) in [5.41, 5.74) is 0.651. The molecule has 1 N–H and O–H groups in total. The minimum atomic E-state index is -0.378. The number of allylic oxidation sites excluding steroid dienone is 1. The van der Waals surface area contributed by atoms with Crippen molar-refractivity contribution >= 4 is 23.5 Å². The van der Waals surface area contributed by atoms with Crippen molar-refractivity contribution < 1.29 is 14.3 Å². The summed E-state index contributed by atoms with van der Waals surface area (Å²) < 4.78 is 4.93. The Morgan fingerprint density at radius 2 is 2.11 bits per heavy atom. The van der Waals surface area contributed by atoms with Gasteiger partial charge in [-0.05, 0) is 6.92 Å². The van der Waals surface area contributed by atoms with Crippen LogP contribution in [-0.2, 0) is 9.53 Å². The number of nitrogens with one attached hydrogen (secondary N) is 1. The van der Waals surface area contributed by atoms with Gasteiger partial charge in [0.25, 0.3) is 0 Å². The second-order valence-corrected chi connectivity index (χ2v) is 5.05. The van der Waals surface area contributed by atoms with E-state index in [1.807, 2.05) is 18.2 Å². The molecule has 1 heterocycles. The van der Waals surface area contributed by atoms with Crippen LogP contribution in [0.15, 0.2) is 41.4 Å². The van der Waals surface area contributed by atoms with Crippen molar-refractivity contribution in [3.63, 3.8) is 0 Å². The minimum Gasteiger partial charge on any atom is -0.464 e. The molecule has 1 aliphatic rings. The molecule has 0 saturated heterocycles. The number of benzene rings is 1. The van der Waals surface area contributed by atoms with E-state index < -0.39 is 0 Å². The van der Waals surface area contributed by atoms with Gasteiger partial charge in [-0.25, -0.2) is 4.79 Å². The molecule has 1 aromatic carbocycles. The molecular formula is C14H15NO3S. The number of Topliss-reactive ketones (excluding diaryl/α,β-unsaturated/α-hetero) is 1. The zero-order valence-electron chi connectivity index (χ0n) is 10.6. The molecule has 100 valence electrons. The predicted molar refractivity (Wildman–Crippen MR) is 74.9 cm³/mol. The quantitative estimate of drug-likeness (QED) is 0.673. The van der Waals surface area contributed by atoms with E-state index in [0.29, 0.717) is 22.8 Å². The van der Waals surface area contributed by atoms with E-state index in [4.69, 9.17) is 4.74 Å². The summed E-state index contributed by atoms with van der Waals surface area (Å²) in [4.78, 5) is 24.3. The summed E-state index contributed by atoms with van der Waals surface area (Å²) in [6, 6.07) is 8.71. The van der Waals surface area contributed by atoms with Gasteiger partial charge in [0.1, 0.15) is 6.04 Å². The topological polar surface area (TPSA) is 55.4 Å². The number of esters is 1. The van der Waals surface area contributed by atoms with Crippen molar-refractivity contribution in [3.8, 4) is 0 Å². The lowest BCUT2D eigenvalue weighted by atomic mass is 10.1. The maximum Gasteiger partial charge on any atom is 0.329 e.